The van der Waals surface area contributed by atoms with Crippen LogP contribution in [0.1, 0.15) is 42.5 Å². The summed E-state index contributed by atoms with van der Waals surface area (Å²) in [6.45, 7) is 0.811. The van der Waals surface area contributed by atoms with E-state index in [4.69, 9.17) is 9.47 Å². The average Bonchev–Trinajstić information content (AvgIpc) is 3.21. The molecule has 23 heavy (non-hydrogen) atoms. The van der Waals surface area contributed by atoms with Gasteiger partial charge in [-0.15, -0.1) is 0 Å². The lowest BCUT2D eigenvalue weighted by Crippen LogP contribution is -2.63. The highest BCUT2D eigenvalue weighted by Gasteiger charge is 2.66. The van der Waals surface area contributed by atoms with E-state index in [2.05, 4.69) is 4.98 Å². The number of hydrogen-bond donors (Lipinski definition) is 0. The Kier molecular flexibility index (Phi) is 3.56. The normalized spacial score (nSPS) is 30.8. The van der Waals surface area contributed by atoms with Crippen molar-refractivity contribution in [1.82, 2.24) is 4.98 Å². The molecule has 1 aliphatic heterocycles. The molecule has 3 atom stereocenters. The lowest BCUT2D eigenvalue weighted by Gasteiger charge is -2.55. The maximum Gasteiger partial charge on any atom is 0.338 e. The molecule has 0 N–H and O–H groups in total. The SMILES string of the molecule is CN(C)c1cc(C(=O)O[C@@H]2[C@@H]3CCO[C@@H]3C23CCCC3)ccn1. The predicted octanol–water partition coefficient (Wildman–Crippen LogP) is 2.65. The predicted molar refractivity (Wildman–Crippen MR) is 86.5 cm³/mol. The molecule has 0 amide bonds. The monoisotopic (exact) mass is 316 g/mol. The molecule has 0 bridgehead atoms. The highest BCUT2D eigenvalue weighted by molar-refractivity contribution is 5.90. The molecular weight excluding hydrogens is 292 g/mol. The van der Waals surface area contributed by atoms with Crippen LogP contribution in [0.3, 0.4) is 0 Å². The van der Waals surface area contributed by atoms with Crippen molar-refractivity contribution >= 4 is 11.8 Å². The van der Waals surface area contributed by atoms with Crippen molar-refractivity contribution in [3.8, 4) is 0 Å². The molecule has 2 saturated carbocycles. The van der Waals surface area contributed by atoms with Gasteiger partial charge in [0, 0.05) is 38.2 Å². The van der Waals surface area contributed by atoms with Crippen LogP contribution in [-0.4, -0.2) is 43.9 Å². The van der Waals surface area contributed by atoms with Gasteiger partial charge in [-0.3, -0.25) is 0 Å². The van der Waals surface area contributed by atoms with E-state index < -0.39 is 0 Å². The second-order valence-corrected chi connectivity index (χ2v) is 7.31. The molecule has 1 saturated heterocycles. The maximum absolute atomic E-state index is 12.6. The van der Waals surface area contributed by atoms with Crippen LogP contribution in [0.2, 0.25) is 0 Å². The molecule has 2 aliphatic carbocycles. The van der Waals surface area contributed by atoms with Crippen molar-refractivity contribution in [2.45, 2.75) is 44.3 Å². The van der Waals surface area contributed by atoms with Crippen molar-refractivity contribution in [1.29, 1.82) is 0 Å². The van der Waals surface area contributed by atoms with Crippen molar-refractivity contribution < 1.29 is 14.3 Å². The van der Waals surface area contributed by atoms with Gasteiger partial charge in [0.1, 0.15) is 11.9 Å². The minimum absolute atomic E-state index is 0.0287. The number of nitrogens with zero attached hydrogens (tertiary/aromatic N) is 2. The molecule has 3 aliphatic rings. The Balaban J connectivity index is 1.53. The molecule has 5 heteroatoms. The van der Waals surface area contributed by atoms with Crippen LogP contribution in [-0.2, 0) is 9.47 Å². The van der Waals surface area contributed by atoms with E-state index in [1.165, 1.54) is 12.8 Å². The van der Waals surface area contributed by atoms with Crippen molar-refractivity contribution in [2.24, 2.45) is 11.3 Å². The Hall–Kier alpha value is -1.62. The Morgan fingerprint density at radius 3 is 2.91 bits per heavy atom. The number of esters is 1. The molecule has 0 radical (unpaired) electrons. The zero-order valence-electron chi connectivity index (χ0n) is 13.8. The van der Waals surface area contributed by atoms with E-state index in [0.29, 0.717) is 17.6 Å². The first kappa shape index (κ1) is 14.9. The fourth-order valence-electron chi connectivity index (χ4n) is 4.76. The molecule has 0 unspecified atom stereocenters. The van der Waals surface area contributed by atoms with Crippen molar-refractivity contribution in [2.75, 3.05) is 25.6 Å². The second kappa shape index (κ2) is 5.48. The zero-order chi connectivity index (χ0) is 16.0. The van der Waals surface area contributed by atoms with Crippen molar-refractivity contribution in [3.63, 3.8) is 0 Å². The smallest absolute Gasteiger partial charge is 0.338 e. The molecule has 4 rings (SSSR count). The van der Waals surface area contributed by atoms with Gasteiger partial charge in [0.15, 0.2) is 0 Å². The second-order valence-electron chi connectivity index (χ2n) is 7.31. The summed E-state index contributed by atoms with van der Waals surface area (Å²) in [5, 5.41) is 0. The molecule has 1 aromatic heterocycles. The van der Waals surface area contributed by atoms with E-state index >= 15 is 0 Å². The van der Waals surface area contributed by atoms with Crippen LogP contribution in [0.5, 0.6) is 0 Å². The first-order valence-corrected chi connectivity index (χ1v) is 8.58. The van der Waals surface area contributed by atoms with E-state index in [-0.39, 0.29) is 17.5 Å². The Labute approximate surface area is 137 Å². The molecule has 0 aromatic carbocycles. The third-order valence-corrected chi connectivity index (χ3v) is 5.87. The van der Waals surface area contributed by atoms with E-state index in [1.807, 2.05) is 19.0 Å². The van der Waals surface area contributed by atoms with Gasteiger partial charge in [-0.2, -0.15) is 0 Å². The zero-order valence-corrected chi connectivity index (χ0v) is 13.8. The number of carbonyl (C=O) groups is 1. The summed E-state index contributed by atoms with van der Waals surface area (Å²) in [4.78, 5) is 18.8. The molecular formula is C18H24N2O3. The summed E-state index contributed by atoms with van der Waals surface area (Å²) >= 11 is 0. The Morgan fingerprint density at radius 2 is 2.17 bits per heavy atom. The van der Waals surface area contributed by atoms with E-state index in [9.17, 15) is 4.79 Å². The van der Waals surface area contributed by atoms with Gasteiger partial charge in [0.05, 0.1) is 11.7 Å². The van der Waals surface area contributed by atoms with Gasteiger partial charge >= 0.3 is 5.97 Å². The third-order valence-electron chi connectivity index (χ3n) is 5.87. The highest BCUT2D eigenvalue weighted by atomic mass is 16.6. The minimum Gasteiger partial charge on any atom is -0.458 e. The summed E-state index contributed by atoms with van der Waals surface area (Å²) in [5.41, 5.74) is 0.674. The topological polar surface area (TPSA) is 51.7 Å². The Morgan fingerprint density at radius 1 is 1.39 bits per heavy atom. The number of ether oxygens (including phenoxy) is 2. The number of pyridine rings is 1. The molecule has 5 nitrogen and oxygen atoms in total. The summed E-state index contributed by atoms with van der Waals surface area (Å²) in [6, 6.07) is 3.53. The van der Waals surface area contributed by atoms with Crippen LogP contribution in [0, 0.1) is 11.3 Å². The van der Waals surface area contributed by atoms with Crippen LogP contribution in [0.4, 0.5) is 5.82 Å². The van der Waals surface area contributed by atoms with Gasteiger partial charge in [-0.25, -0.2) is 9.78 Å². The van der Waals surface area contributed by atoms with Gasteiger partial charge in [-0.05, 0) is 31.4 Å². The number of fused-ring (bicyclic) bond motifs is 2. The lowest BCUT2D eigenvalue weighted by atomic mass is 9.56. The summed E-state index contributed by atoms with van der Waals surface area (Å²) in [7, 11) is 3.83. The Bertz CT molecular complexity index is 610. The number of hydrogen-bond acceptors (Lipinski definition) is 5. The molecule has 1 spiro atoms. The van der Waals surface area contributed by atoms with Crippen LogP contribution < -0.4 is 4.90 Å². The highest BCUT2D eigenvalue weighted by Crippen LogP contribution is 2.62. The van der Waals surface area contributed by atoms with Crippen molar-refractivity contribution in [3.05, 3.63) is 23.9 Å². The van der Waals surface area contributed by atoms with Crippen LogP contribution in [0.15, 0.2) is 18.3 Å². The quantitative estimate of drug-likeness (QED) is 0.803. The minimum atomic E-state index is -0.225. The summed E-state index contributed by atoms with van der Waals surface area (Å²) in [6.07, 6.45) is 7.74. The number of aromatic nitrogens is 1. The third kappa shape index (κ3) is 2.24. The lowest BCUT2D eigenvalue weighted by molar-refractivity contribution is -0.198. The van der Waals surface area contributed by atoms with Crippen LogP contribution >= 0.6 is 0 Å². The first-order valence-electron chi connectivity index (χ1n) is 8.58. The van der Waals surface area contributed by atoms with Gasteiger partial charge in [0.25, 0.3) is 0 Å². The standard InChI is InChI=1S/C18H24N2O3/c1-20(2)14-11-12(5-9-19-14)17(21)23-16-13-6-10-22-15(13)18(16)7-3-4-8-18/h5,9,11,13,15-16H,3-4,6-8,10H2,1-2H3/t13-,15+,16-/m1/s1. The average molecular weight is 316 g/mol. The van der Waals surface area contributed by atoms with Gasteiger partial charge < -0.3 is 14.4 Å². The maximum atomic E-state index is 12.6. The fraction of sp³-hybridized carbons (Fsp3) is 0.667. The fourth-order valence-corrected chi connectivity index (χ4v) is 4.76. The number of anilines is 1. The first-order chi connectivity index (χ1) is 11.1. The summed E-state index contributed by atoms with van der Waals surface area (Å²) in [5.74, 6) is 0.940. The number of carbonyl (C=O) groups excluding carboxylic acids is 1. The van der Waals surface area contributed by atoms with E-state index in [1.54, 1.807) is 18.3 Å². The van der Waals surface area contributed by atoms with E-state index in [0.717, 1.165) is 31.7 Å². The van der Waals surface area contributed by atoms with Crippen LogP contribution in [0.25, 0.3) is 0 Å². The largest absolute Gasteiger partial charge is 0.458 e. The molecule has 3 fully saturated rings. The summed E-state index contributed by atoms with van der Waals surface area (Å²) < 4.78 is 11.9. The van der Waals surface area contributed by atoms with Gasteiger partial charge in [-0.1, -0.05) is 12.8 Å². The number of rotatable bonds is 3. The molecule has 2 heterocycles. The molecule has 124 valence electrons. The molecule has 1 aromatic rings. The van der Waals surface area contributed by atoms with Gasteiger partial charge in [0.2, 0.25) is 0 Å².